The second-order valence-electron chi connectivity index (χ2n) is 2.28. The van der Waals surface area contributed by atoms with E-state index in [9.17, 15) is 4.79 Å². The quantitative estimate of drug-likeness (QED) is 0.315. The molecule has 0 aromatic carbocycles. The lowest BCUT2D eigenvalue weighted by Gasteiger charge is -2.00. The van der Waals surface area contributed by atoms with E-state index in [1.54, 1.807) is 13.0 Å². The van der Waals surface area contributed by atoms with E-state index in [1.807, 2.05) is 0 Å². The van der Waals surface area contributed by atoms with Gasteiger partial charge in [-0.25, -0.2) is 9.59 Å². The van der Waals surface area contributed by atoms with Gasteiger partial charge in [-0.1, -0.05) is 12.7 Å². The molecule has 5 heteroatoms. The first-order chi connectivity index (χ1) is 6.41. The van der Waals surface area contributed by atoms with Gasteiger partial charge in [0, 0.05) is 5.57 Å². The maximum atomic E-state index is 10.7. The van der Waals surface area contributed by atoms with E-state index >= 15 is 0 Å². The lowest BCUT2D eigenvalue weighted by atomic mass is 10.4. The average molecular weight is 202 g/mol. The van der Waals surface area contributed by atoms with E-state index in [-0.39, 0.29) is 5.97 Å². The molecule has 14 heavy (non-hydrogen) atoms. The SMILES string of the molecule is C=CCCOC(=O)C(=C)C.O=C(O)O. The van der Waals surface area contributed by atoms with Gasteiger partial charge in [-0.2, -0.15) is 0 Å². The summed E-state index contributed by atoms with van der Waals surface area (Å²) in [5, 5.41) is 13.9. The Hall–Kier alpha value is -1.78. The van der Waals surface area contributed by atoms with Crippen molar-refractivity contribution in [3.8, 4) is 0 Å². The van der Waals surface area contributed by atoms with Crippen LogP contribution in [0.2, 0.25) is 0 Å². The molecule has 0 atom stereocenters. The van der Waals surface area contributed by atoms with Crippen molar-refractivity contribution >= 4 is 12.1 Å². The first-order valence-electron chi connectivity index (χ1n) is 3.77. The van der Waals surface area contributed by atoms with Crippen LogP contribution in [-0.4, -0.2) is 28.9 Å². The number of carbonyl (C=O) groups excluding carboxylic acids is 1. The van der Waals surface area contributed by atoms with Crippen molar-refractivity contribution in [2.24, 2.45) is 0 Å². The molecule has 0 rings (SSSR count). The maximum absolute atomic E-state index is 10.7. The average Bonchev–Trinajstić information content (AvgIpc) is 2.03. The normalized spacial score (nSPS) is 7.79. The third-order valence-electron chi connectivity index (χ3n) is 0.904. The van der Waals surface area contributed by atoms with Crippen LogP contribution in [0.4, 0.5) is 4.79 Å². The van der Waals surface area contributed by atoms with Crippen LogP contribution in [0, 0.1) is 0 Å². The smallest absolute Gasteiger partial charge is 0.462 e. The highest BCUT2D eigenvalue weighted by Gasteiger charge is 1.99. The Labute approximate surface area is 82.3 Å². The zero-order valence-electron chi connectivity index (χ0n) is 8.02. The van der Waals surface area contributed by atoms with E-state index < -0.39 is 6.16 Å². The zero-order valence-corrected chi connectivity index (χ0v) is 8.02. The van der Waals surface area contributed by atoms with E-state index in [4.69, 9.17) is 19.7 Å². The molecule has 0 heterocycles. The van der Waals surface area contributed by atoms with Gasteiger partial charge in [0.1, 0.15) is 0 Å². The molecule has 0 bridgehead atoms. The van der Waals surface area contributed by atoms with Gasteiger partial charge in [-0.05, 0) is 13.3 Å². The van der Waals surface area contributed by atoms with E-state index in [0.29, 0.717) is 18.6 Å². The Balaban J connectivity index is 0. The Morgan fingerprint density at radius 1 is 1.43 bits per heavy atom. The molecule has 0 fully saturated rings. The van der Waals surface area contributed by atoms with Crippen LogP contribution in [0.15, 0.2) is 24.8 Å². The molecule has 0 radical (unpaired) electrons. The summed E-state index contributed by atoms with van der Waals surface area (Å²) in [5.74, 6) is -0.332. The molecule has 0 aliphatic rings. The minimum Gasteiger partial charge on any atom is -0.462 e. The second-order valence-corrected chi connectivity index (χ2v) is 2.28. The van der Waals surface area contributed by atoms with Crippen LogP contribution >= 0.6 is 0 Å². The Kier molecular flexibility index (Phi) is 9.79. The van der Waals surface area contributed by atoms with Crippen molar-refractivity contribution in [1.82, 2.24) is 0 Å². The number of rotatable bonds is 4. The molecule has 0 spiro atoms. The fourth-order valence-electron chi connectivity index (χ4n) is 0.358. The summed E-state index contributed by atoms with van der Waals surface area (Å²) in [7, 11) is 0. The molecule has 80 valence electrons. The van der Waals surface area contributed by atoms with E-state index in [1.165, 1.54) is 0 Å². The second kappa shape index (κ2) is 9.31. The van der Waals surface area contributed by atoms with Crippen LogP contribution in [0.25, 0.3) is 0 Å². The molecular weight excluding hydrogens is 188 g/mol. The van der Waals surface area contributed by atoms with Gasteiger partial charge in [-0.3, -0.25) is 0 Å². The van der Waals surface area contributed by atoms with Crippen molar-refractivity contribution < 1.29 is 24.5 Å². The summed E-state index contributed by atoms with van der Waals surface area (Å²) >= 11 is 0. The first kappa shape index (κ1) is 14.7. The van der Waals surface area contributed by atoms with Crippen LogP contribution in [-0.2, 0) is 9.53 Å². The van der Waals surface area contributed by atoms with E-state index in [2.05, 4.69) is 13.2 Å². The number of carbonyl (C=O) groups is 2. The topological polar surface area (TPSA) is 83.8 Å². The molecule has 0 saturated carbocycles. The molecule has 2 N–H and O–H groups in total. The fourth-order valence-corrected chi connectivity index (χ4v) is 0.358. The van der Waals surface area contributed by atoms with Crippen LogP contribution < -0.4 is 0 Å². The van der Waals surface area contributed by atoms with Crippen molar-refractivity contribution in [3.05, 3.63) is 24.8 Å². The van der Waals surface area contributed by atoms with Crippen molar-refractivity contribution in [3.63, 3.8) is 0 Å². The lowest BCUT2D eigenvalue weighted by Crippen LogP contribution is -2.05. The van der Waals surface area contributed by atoms with Gasteiger partial charge in [0.05, 0.1) is 6.61 Å². The zero-order chi connectivity index (χ0) is 11.6. The summed E-state index contributed by atoms with van der Waals surface area (Å²) in [6.07, 6.45) is 0.560. The molecule has 0 aliphatic carbocycles. The summed E-state index contributed by atoms with van der Waals surface area (Å²) in [6.45, 7) is 8.94. The van der Waals surface area contributed by atoms with Gasteiger partial charge < -0.3 is 14.9 Å². The van der Waals surface area contributed by atoms with Crippen molar-refractivity contribution in [2.45, 2.75) is 13.3 Å². The Morgan fingerprint density at radius 3 is 2.14 bits per heavy atom. The minimum atomic E-state index is -1.83. The number of hydrogen-bond donors (Lipinski definition) is 2. The van der Waals surface area contributed by atoms with Crippen LogP contribution in [0.3, 0.4) is 0 Å². The monoisotopic (exact) mass is 202 g/mol. The molecule has 0 aliphatic heterocycles. The van der Waals surface area contributed by atoms with Gasteiger partial charge in [0.2, 0.25) is 0 Å². The predicted molar refractivity (Wildman–Crippen MR) is 51.2 cm³/mol. The third kappa shape index (κ3) is 16.7. The van der Waals surface area contributed by atoms with Crippen molar-refractivity contribution in [2.75, 3.05) is 6.61 Å². The molecule has 0 unspecified atom stereocenters. The van der Waals surface area contributed by atoms with Gasteiger partial charge in [0.15, 0.2) is 0 Å². The number of hydrogen-bond acceptors (Lipinski definition) is 3. The summed E-state index contributed by atoms with van der Waals surface area (Å²) in [6, 6.07) is 0. The predicted octanol–water partition coefficient (Wildman–Crippen LogP) is 1.90. The van der Waals surface area contributed by atoms with Gasteiger partial charge >= 0.3 is 12.1 Å². The molecule has 0 saturated heterocycles. The highest BCUT2D eigenvalue weighted by Crippen LogP contribution is 1.92. The van der Waals surface area contributed by atoms with E-state index in [0.717, 1.165) is 0 Å². The highest BCUT2D eigenvalue weighted by atomic mass is 16.6. The van der Waals surface area contributed by atoms with Crippen molar-refractivity contribution in [1.29, 1.82) is 0 Å². The molecular formula is C9H14O5. The molecule has 5 nitrogen and oxygen atoms in total. The molecule has 0 aromatic rings. The first-order valence-corrected chi connectivity index (χ1v) is 3.77. The Bertz CT molecular complexity index is 215. The van der Waals surface area contributed by atoms with Gasteiger partial charge in [-0.15, -0.1) is 6.58 Å². The number of esters is 1. The maximum Gasteiger partial charge on any atom is 0.503 e. The highest BCUT2D eigenvalue weighted by molar-refractivity contribution is 5.86. The largest absolute Gasteiger partial charge is 0.503 e. The lowest BCUT2D eigenvalue weighted by molar-refractivity contribution is -0.138. The summed E-state index contributed by atoms with van der Waals surface area (Å²) in [4.78, 5) is 19.2. The number of carboxylic acid groups (broad SMARTS) is 2. The minimum absolute atomic E-state index is 0.332. The molecule has 0 amide bonds. The standard InChI is InChI=1S/C8H12O2.CH2O3/c1-4-5-6-10-8(9)7(2)3;2-1(3)4/h4H,1-2,5-6H2,3H3;(H2,2,3,4). The fraction of sp³-hybridized carbons (Fsp3) is 0.333. The summed E-state index contributed by atoms with van der Waals surface area (Å²) in [5.41, 5.74) is 0.434. The molecule has 0 aromatic heterocycles. The Morgan fingerprint density at radius 2 is 1.86 bits per heavy atom. The number of ether oxygens (including phenoxy) is 1. The van der Waals surface area contributed by atoms with Gasteiger partial charge in [0.25, 0.3) is 0 Å². The summed E-state index contributed by atoms with van der Waals surface area (Å²) < 4.78 is 4.73. The van der Waals surface area contributed by atoms with Crippen LogP contribution in [0.5, 0.6) is 0 Å². The van der Waals surface area contributed by atoms with Crippen LogP contribution in [0.1, 0.15) is 13.3 Å². The third-order valence-corrected chi connectivity index (χ3v) is 0.904.